The summed E-state index contributed by atoms with van der Waals surface area (Å²) < 4.78 is 24.7. The van der Waals surface area contributed by atoms with Crippen molar-refractivity contribution < 1.29 is 13.2 Å². The Kier molecular flexibility index (Phi) is 6.82. The van der Waals surface area contributed by atoms with Gasteiger partial charge in [0.2, 0.25) is 5.91 Å². The number of amides is 1. The Morgan fingerprint density at radius 1 is 1.18 bits per heavy atom. The van der Waals surface area contributed by atoms with Gasteiger partial charge < -0.3 is 4.90 Å². The summed E-state index contributed by atoms with van der Waals surface area (Å²) in [4.78, 5) is 21.4. The van der Waals surface area contributed by atoms with Gasteiger partial charge in [0.25, 0.3) is 0 Å². The molecular formula is C20H33N3O3S2. The lowest BCUT2D eigenvalue weighted by molar-refractivity contribution is -0.132. The lowest BCUT2D eigenvalue weighted by atomic mass is 9.98. The molecule has 0 radical (unpaired) electrons. The monoisotopic (exact) mass is 427 g/mol. The van der Waals surface area contributed by atoms with Crippen LogP contribution in [0.25, 0.3) is 0 Å². The summed E-state index contributed by atoms with van der Waals surface area (Å²) in [5.74, 6) is -0.0182. The predicted octanol–water partition coefficient (Wildman–Crippen LogP) is 2.83. The van der Waals surface area contributed by atoms with Gasteiger partial charge in [-0.05, 0) is 12.8 Å². The van der Waals surface area contributed by atoms with Crippen LogP contribution in [-0.2, 0) is 26.6 Å². The summed E-state index contributed by atoms with van der Waals surface area (Å²) in [6.45, 7) is 10.3. The molecule has 1 aromatic heterocycles. The van der Waals surface area contributed by atoms with Gasteiger partial charge in [0.15, 0.2) is 9.84 Å². The van der Waals surface area contributed by atoms with Crippen molar-refractivity contribution in [3.63, 3.8) is 0 Å². The van der Waals surface area contributed by atoms with Crippen LogP contribution < -0.4 is 0 Å². The lowest BCUT2D eigenvalue weighted by Gasteiger charge is -2.34. The number of sulfone groups is 1. The molecule has 1 amide bonds. The average molecular weight is 428 g/mol. The van der Waals surface area contributed by atoms with Gasteiger partial charge in [-0.1, -0.05) is 33.6 Å². The van der Waals surface area contributed by atoms with Crippen LogP contribution in [0.1, 0.15) is 63.6 Å². The SMILES string of the molecule is CC(C)(C)c1nc(CN2CCN(C(=O)CCS(=O)(=O)C3CCCC3)CC2)cs1. The largest absolute Gasteiger partial charge is 0.340 e. The molecule has 0 unspecified atom stereocenters. The molecule has 0 bridgehead atoms. The molecule has 2 fully saturated rings. The highest BCUT2D eigenvalue weighted by molar-refractivity contribution is 7.92. The normalized spacial score (nSPS) is 20.0. The third-order valence-corrected chi connectivity index (χ3v) is 9.29. The van der Waals surface area contributed by atoms with Crippen LogP contribution in [0, 0.1) is 0 Å². The van der Waals surface area contributed by atoms with Crippen LogP contribution in [0.2, 0.25) is 0 Å². The number of rotatable bonds is 6. The van der Waals surface area contributed by atoms with Crippen LogP contribution in [0.15, 0.2) is 5.38 Å². The van der Waals surface area contributed by atoms with E-state index in [1.165, 1.54) is 0 Å². The molecule has 1 aliphatic carbocycles. The van der Waals surface area contributed by atoms with E-state index in [0.717, 1.165) is 56.0 Å². The molecule has 6 nitrogen and oxygen atoms in total. The van der Waals surface area contributed by atoms with Crippen molar-refractivity contribution in [1.82, 2.24) is 14.8 Å². The molecule has 158 valence electrons. The Morgan fingerprint density at radius 2 is 1.82 bits per heavy atom. The highest BCUT2D eigenvalue weighted by Gasteiger charge is 2.30. The van der Waals surface area contributed by atoms with E-state index in [9.17, 15) is 13.2 Å². The minimum Gasteiger partial charge on any atom is -0.340 e. The number of aromatic nitrogens is 1. The third-order valence-electron chi connectivity index (χ3n) is 5.71. The second-order valence-electron chi connectivity index (χ2n) is 9.07. The maximum absolute atomic E-state index is 12.5. The Labute approximate surface area is 173 Å². The van der Waals surface area contributed by atoms with Crippen molar-refractivity contribution in [2.75, 3.05) is 31.9 Å². The summed E-state index contributed by atoms with van der Waals surface area (Å²) >= 11 is 1.71. The number of carbonyl (C=O) groups excluding carboxylic acids is 1. The summed E-state index contributed by atoms with van der Waals surface area (Å²) in [6, 6.07) is 0. The third kappa shape index (κ3) is 5.54. The lowest BCUT2D eigenvalue weighted by Crippen LogP contribution is -2.48. The standard InChI is InChI=1S/C20H33N3O3S2/c1-20(2,3)19-21-16(15-27-19)14-22-9-11-23(12-10-22)18(24)8-13-28(25,26)17-6-4-5-7-17/h15,17H,4-14H2,1-3H3. The zero-order valence-corrected chi connectivity index (χ0v) is 18.9. The van der Waals surface area contributed by atoms with Gasteiger partial charge in [-0.25, -0.2) is 13.4 Å². The molecule has 2 heterocycles. The summed E-state index contributed by atoms with van der Waals surface area (Å²) in [7, 11) is -3.12. The number of nitrogens with zero attached hydrogens (tertiary/aromatic N) is 3. The van der Waals surface area contributed by atoms with E-state index in [2.05, 4.69) is 31.1 Å². The van der Waals surface area contributed by atoms with E-state index in [-0.39, 0.29) is 28.7 Å². The fourth-order valence-corrected chi connectivity index (χ4v) is 6.65. The molecule has 2 aliphatic rings. The Morgan fingerprint density at radius 3 is 2.39 bits per heavy atom. The number of hydrogen-bond acceptors (Lipinski definition) is 6. The Balaban J connectivity index is 1.43. The van der Waals surface area contributed by atoms with Gasteiger partial charge in [0.05, 0.1) is 21.7 Å². The molecule has 28 heavy (non-hydrogen) atoms. The molecule has 0 spiro atoms. The second-order valence-corrected chi connectivity index (χ2v) is 12.3. The quantitative estimate of drug-likeness (QED) is 0.698. The first-order valence-electron chi connectivity index (χ1n) is 10.3. The van der Waals surface area contributed by atoms with Crippen molar-refractivity contribution in [3.05, 3.63) is 16.1 Å². The fourth-order valence-electron chi connectivity index (χ4n) is 3.91. The molecule has 1 aromatic rings. The first-order chi connectivity index (χ1) is 13.1. The average Bonchev–Trinajstić information content (AvgIpc) is 3.32. The first-order valence-corrected chi connectivity index (χ1v) is 12.9. The molecule has 0 aromatic carbocycles. The molecule has 1 saturated heterocycles. The van der Waals surface area contributed by atoms with Crippen molar-refractivity contribution in [2.24, 2.45) is 0 Å². The molecular weight excluding hydrogens is 394 g/mol. The number of hydrogen-bond donors (Lipinski definition) is 0. The van der Waals surface area contributed by atoms with Crippen molar-refractivity contribution in [1.29, 1.82) is 0 Å². The highest BCUT2D eigenvalue weighted by Crippen LogP contribution is 2.27. The number of thiazole rings is 1. The smallest absolute Gasteiger partial charge is 0.223 e. The van der Waals surface area contributed by atoms with E-state index in [4.69, 9.17) is 4.98 Å². The van der Waals surface area contributed by atoms with Gasteiger partial charge in [0.1, 0.15) is 0 Å². The molecule has 1 aliphatic heterocycles. The first kappa shape index (κ1) is 21.7. The summed E-state index contributed by atoms with van der Waals surface area (Å²) in [6.07, 6.45) is 3.65. The van der Waals surface area contributed by atoms with Crippen molar-refractivity contribution in [2.45, 2.75) is 70.1 Å². The van der Waals surface area contributed by atoms with Crippen LogP contribution in [-0.4, -0.2) is 66.3 Å². The van der Waals surface area contributed by atoms with Crippen LogP contribution in [0.4, 0.5) is 0 Å². The maximum atomic E-state index is 12.5. The molecule has 0 N–H and O–H groups in total. The summed E-state index contributed by atoms with van der Waals surface area (Å²) in [5.41, 5.74) is 1.17. The van der Waals surface area contributed by atoms with Crippen molar-refractivity contribution >= 4 is 27.1 Å². The molecule has 0 atom stereocenters. The molecule has 8 heteroatoms. The highest BCUT2D eigenvalue weighted by atomic mass is 32.2. The van der Waals surface area contributed by atoms with Gasteiger partial charge in [-0.2, -0.15) is 0 Å². The van der Waals surface area contributed by atoms with E-state index in [1.54, 1.807) is 11.3 Å². The van der Waals surface area contributed by atoms with E-state index >= 15 is 0 Å². The minimum absolute atomic E-state index is 0.00508. The van der Waals surface area contributed by atoms with Crippen LogP contribution in [0.3, 0.4) is 0 Å². The Hall–Kier alpha value is -0.990. The number of carbonyl (C=O) groups is 1. The van der Waals surface area contributed by atoms with E-state index in [1.807, 2.05) is 4.90 Å². The predicted molar refractivity (Wildman–Crippen MR) is 113 cm³/mol. The fraction of sp³-hybridized carbons (Fsp3) is 0.800. The van der Waals surface area contributed by atoms with Crippen LogP contribution >= 0.6 is 11.3 Å². The topological polar surface area (TPSA) is 70.6 Å². The van der Waals surface area contributed by atoms with Gasteiger partial charge in [0, 0.05) is 49.9 Å². The second kappa shape index (κ2) is 8.79. The zero-order valence-electron chi connectivity index (χ0n) is 17.3. The summed E-state index contributed by atoms with van der Waals surface area (Å²) in [5, 5.41) is 3.07. The van der Waals surface area contributed by atoms with Gasteiger partial charge >= 0.3 is 0 Å². The minimum atomic E-state index is -3.12. The zero-order chi connectivity index (χ0) is 20.4. The number of piperazine rings is 1. The molecule has 3 rings (SSSR count). The maximum Gasteiger partial charge on any atom is 0.223 e. The van der Waals surface area contributed by atoms with Crippen molar-refractivity contribution in [3.8, 4) is 0 Å². The Bertz CT molecular complexity index is 769. The van der Waals surface area contributed by atoms with Crippen LogP contribution in [0.5, 0.6) is 0 Å². The molecule has 1 saturated carbocycles. The van der Waals surface area contributed by atoms with E-state index in [0.29, 0.717) is 13.1 Å². The van der Waals surface area contributed by atoms with E-state index < -0.39 is 9.84 Å². The van der Waals surface area contributed by atoms with Gasteiger partial charge in [-0.15, -0.1) is 11.3 Å². The van der Waals surface area contributed by atoms with Gasteiger partial charge in [-0.3, -0.25) is 9.69 Å².